The number of rotatable bonds is 8. The molecule has 4 aromatic rings. The number of nitrogens with zero attached hydrogens (tertiary/aromatic N) is 4. The van der Waals surface area contributed by atoms with E-state index < -0.39 is 36.0 Å². The zero-order valence-electron chi connectivity index (χ0n) is 17.1. The average Bonchev–Trinajstić information content (AvgIpc) is 3.48. The van der Waals surface area contributed by atoms with Gasteiger partial charge in [-0.15, -0.1) is 0 Å². The molecule has 0 saturated carbocycles. The molecule has 4 rings (SSSR count). The van der Waals surface area contributed by atoms with Crippen LogP contribution in [0.4, 0.5) is 27.8 Å². The Balaban J connectivity index is 1.45. The Labute approximate surface area is 193 Å². The van der Waals surface area contributed by atoms with Crippen LogP contribution in [0.25, 0.3) is 0 Å². The molecule has 0 aliphatic heterocycles. The lowest BCUT2D eigenvalue weighted by Gasteiger charge is -2.04. The molecule has 178 valence electrons. The summed E-state index contributed by atoms with van der Waals surface area (Å²) in [5.41, 5.74) is -0.860. The van der Waals surface area contributed by atoms with Crippen LogP contribution in [-0.2, 0) is 13.1 Å². The van der Waals surface area contributed by atoms with Crippen LogP contribution < -0.4 is 5.32 Å². The molecule has 3 aromatic heterocycles. The van der Waals surface area contributed by atoms with E-state index in [2.05, 4.69) is 15.5 Å². The predicted octanol–water partition coefficient (Wildman–Crippen LogP) is 5.69. The van der Waals surface area contributed by atoms with Crippen molar-refractivity contribution in [2.45, 2.75) is 25.9 Å². The number of alkyl halides is 4. The molecule has 0 spiro atoms. The lowest BCUT2D eigenvalue weighted by molar-refractivity contribution is 0.0993. The zero-order chi connectivity index (χ0) is 24.4. The van der Waals surface area contributed by atoms with Gasteiger partial charge in [0.15, 0.2) is 11.6 Å². The molecule has 3 heterocycles. The van der Waals surface area contributed by atoms with Gasteiger partial charge < -0.3 is 9.73 Å². The maximum Gasteiger partial charge on any atom is 0.292 e. The van der Waals surface area contributed by atoms with Gasteiger partial charge in [-0.3, -0.25) is 14.2 Å². The summed E-state index contributed by atoms with van der Waals surface area (Å²) in [6.07, 6.45) is -4.59. The number of anilines is 1. The summed E-state index contributed by atoms with van der Waals surface area (Å²) in [5.74, 6) is -1.26. The molecule has 0 unspecified atom stereocenters. The van der Waals surface area contributed by atoms with Crippen LogP contribution in [0.15, 0.2) is 53.1 Å². The highest BCUT2D eigenvalue weighted by molar-refractivity contribution is 6.33. The van der Waals surface area contributed by atoms with E-state index in [4.69, 9.17) is 16.0 Å². The number of hydrogen-bond donors (Lipinski definition) is 1. The molecule has 1 amide bonds. The molecule has 34 heavy (non-hydrogen) atoms. The first-order valence-electron chi connectivity index (χ1n) is 9.71. The fraction of sp³-hybridized carbons (Fsp3) is 0.190. The molecule has 1 N–H and O–H groups in total. The van der Waals surface area contributed by atoms with Crippen LogP contribution >= 0.6 is 11.6 Å². The fourth-order valence-electron chi connectivity index (χ4n) is 3.15. The number of hydrogen-bond acceptors (Lipinski definition) is 4. The lowest BCUT2D eigenvalue weighted by Crippen LogP contribution is -2.12. The highest BCUT2D eigenvalue weighted by Gasteiger charge is 2.22. The van der Waals surface area contributed by atoms with Crippen LogP contribution in [-0.4, -0.2) is 25.5 Å². The maximum atomic E-state index is 13.4. The summed E-state index contributed by atoms with van der Waals surface area (Å²) in [5, 5.41) is 10.2. The number of aromatic nitrogens is 4. The van der Waals surface area contributed by atoms with Gasteiger partial charge in [0, 0.05) is 6.20 Å². The molecule has 0 atom stereocenters. The first-order valence-corrected chi connectivity index (χ1v) is 10.1. The molecule has 0 bridgehead atoms. The van der Waals surface area contributed by atoms with Gasteiger partial charge in [0.2, 0.25) is 0 Å². The number of furan rings is 1. The summed E-state index contributed by atoms with van der Waals surface area (Å²) in [6.45, 7) is -0.183. The molecular formula is C21H15ClF5N5O2. The van der Waals surface area contributed by atoms with Gasteiger partial charge in [0.1, 0.15) is 28.0 Å². The van der Waals surface area contributed by atoms with Crippen molar-refractivity contribution in [3.05, 3.63) is 88.0 Å². The Morgan fingerprint density at radius 2 is 1.85 bits per heavy atom. The number of carbonyl (C=O) groups excluding carboxylic acids is 1. The standard InChI is InChI=1S/C21H15ClF5N5O2/c22-14-10-31(8-11-2-1-3-12(23)6-11)30-20(14)28-21(33)17-5-4-13(34-17)9-32-16(19(26)27)7-15(29-32)18(24)25/h1-7,10,18-19H,8-9H2,(H,28,30,33). The zero-order valence-corrected chi connectivity index (χ0v) is 17.8. The van der Waals surface area contributed by atoms with Crippen LogP contribution in [0.3, 0.4) is 0 Å². The summed E-state index contributed by atoms with van der Waals surface area (Å²) < 4.78 is 72.7. The van der Waals surface area contributed by atoms with Gasteiger partial charge in [-0.25, -0.2) is 22.0 Å². The van der Waals surface area contributed by atoms with Gasteiger partial charge in [-0.05, 0) is 35.9 Å². The topological polar surface area (TPSA) is 77.9 Å². The first-order chi connectivity index (χ1) is 16.2. The average molecular weight is 500 g/mol. The van der Waals surface area contributed by atoms with Crippen molar-refractivity contribution < 1.29 is 31.2 Å². The lowest BCUT2D eigenvalue weighted by atomic mass is 10.2. The molecule has 0 fully saturated rings. The molecule has 1 aromatic carbocycles. The van der Waals surface area contributed by atoms with Crippen molar-refractivity contribution in [3.63, 3.8) is 0 Å². The molecule has 0 aliphatic carbocycles. The second kappa shape index (κ2) is 9.67. The van der Waals surface area contributed by atoms with Crippen molar-refractivity contribution in [1.82, 2.24) is 19.6 Å². The van der Waals surface area contributed by atoms with Crippen LogP contribution in [0, 0.1) is 5.82 Å². The van der Waals surface area contributed by atoms with E-state index in [9.17, 15) is 26.7 Å². The third kappa shape index (κ3) is 5.28. The first kappa shape index (κ1) is 23.5. The van der Waals surface area contributed by atoms with Gasteiger partial charge in [-0.1, -0.05) is 23.7 Å². The Kier molecular flexibility index (Phi) is 6.68. The highest BCUT2D eigenvalue weighted by Crippen LogP contribution is 2.26. The third-order valence-electron chi connectivity index (χ3n) is 4.65. The molecule has 0 radical (unpaired) electrons. The van der Waals surface area contributed by atoms with Crippen molar-refractivity contribution in [2.24, 2.45) is 0 Å². The van der Waals surface area contributed by atoms with Gasteiger partial charge in [-0.2, -0.15) is 10.2 Å². The number of nitrogens with one attached hydrogen (secondary N) is 1. The van der Waals surface area contributed by atoms with E-state index in [1.165, 1.54) is 35.1 Å². The molecule has 0 aliphatic rings. The van der Waals surface area contributed by atoms with Gasteiger partial charge in [0.05, 0.1) is 13.1 Å². The second-order valence-electron chi connectivity index (χ2n) is 7.13. The number of halogens is 6. The molecule has 13 heteroatoms. The minimum atomic E-state index is -3.03. The summed E-state index contributed by atoms with van der Waals surface area (Å²) in [4.78, 5) is 12.5. The van der Waals surface area contributed by atoms with Crippen molar-refractivity contribution in [2.75, 3.05) is 5.32 Å². The number of amides is 1. The van der Waals surface area contributed by atoms with Gasteiger partial charge in [0.25, 0.3) is 18.8 Å². The van der Waals surface area contributed by atoms with Crippen molar-refractivity contribution in [1.29, 1.82) is 0 Å². The van der Waals surface area contributed by atoms with Crippen LogP contribution in [0.1, 0.15) is 46.1 Å². The Hall–Kier alpha value is -3.67. The summed E-state index contributed by atoms with van der Waals surface area (Å²) in [6, 6.07) is 9.12. The minimum Gasteiger partial charge on any atom is -0.454 e. The van der Waals surface area contributed by atoms with E-state index in [1.54, 1.807) is 12.1 Å². The van der Waals surface area contributed by atoms with Crippen molar-refractivity contribution in [3.8, 4) is 0 Å². The Bertz CT molecular complexity index is 1320. The smallest absolute Gasteiger partial charge is 0.292 e. The van der Waals surface area contributed by atoms with Crippen molar-refractivity contribution >= 4 is 23.3 Å². The van der Waals surface area contributed by atoms with E-state index in [-0.39, 0.29) is 35.5 Å². The molecular weight excluding hydrogens is 485 g/mol. The van der Waals surface area contributed by atoms with Crippen LogP contribution in [0.2, 0.25) is 5.02 Å². The monoisotopic (exact) mass is 499 g/mol. The highest BCUT2D eigenvalue weighted by atomic mass is 35.5. The third-order valence-corrected chi connectivity index (χ3v) is 4.93. The normalized spacial score (nSPS) is 11.5. The number of benzene rings is 1. The quantitative estimate of drug-likeness (QED) is 0.316. The fourth-order valence-corrected chi connectivity index (χ4v) is 3.35. The summed E-state index contributed by atoms with van der Waals surface area (Å²) in [7, 11) is 0. The van der Waals surface area contributed by atoms with E-state index >= 15 is 0 Å². The van der Waals surface area contributed by atoms with E-state index in [1.807, 2.05) is 0 Å². The maximum absolute atomic E-state index is 13.4. The number of carbonyl (C=O) groups is 1. The summed E-state index contributed by atoms with van der Waals surface area (Å²) >= 11 is 6.11. The molecule has 0 saturated heterocycles. The predicted molar refractivity (Wildman–Crippen MR) is 111 cm³/mol. The Morgan fingerprint density at radius 1 is 1.06 bits per heavy atom. The van der Waals surface area contributed by atoms with Gasteiger partial charge >= 0.3 is 0 Å². The second-order valence-corrected chi connectivity index (χ2v) is 7.53. The SMILES string of the molecule is O=C(Nc1nn(Cc2cccc(F)c2)cc1Cl)c1ccc(Cn2nc(C(F)F)cc2C(F)F)o1. The largest absolute Gasteiger partial charge is 0.454 e. The Morgan fingerprint density at radius 3 is 2.56 bits per heavy atom. The minimum absolute atomic E-state index is 0.0228. The van der Waals surface area contributed by atoms with E-state index in [0.717, 1.165) is 0 Å². The van der Waals surface area contributed by atoms with E-state index in [0.29, 0.717) is 16.3 Å². The van der Waals surface area contributed by atoms with Crippen LogP contribution in [0.5, 0.6) is 0 Å². The molecule has 7 nitrogen and oxygen atoms in total.